The molecule has 14 heavy (non-hydrogen) atoms. The standard InChI is InChI=1S/C7H12BrF2NO2S/c8-4-3-7(1-2-7)5-11-14(12,13)6(9)10/h6,11H,1-5H2. The van der Waals surface area contributed by atoms with Crippen molar-refractivity contribution in [2.24, 2.45) is 5.41 Å². The summed E-state index contributed by atoms with van der Waals surface area (Å²) in [5.74, 6) is -3.33. The van der Waals surface area contributed by atoms with Crippen LogP contribution in [0.3, 0.4) is 0 Å². The van der Waals surface area contributed by atoms with Gasteiger partial charge < -0.3 is 0 Å². The number of rotatable bonds is 6. The maximum Gasteiger partial charge on any atom is 0.350 e. The van der Waals surface area contributed by atoms with Gasteiger partial charge in [-0.15, -0.1) is 0 Å². The summed E-state index contributed by atoms with van der Waals surface area (Å²) in [5, 5.41) is 0.767. The summed E-state index contributed by atoms with van der Waals surface area (Å²) < 4.78 is 47.3. The molecule has 1 aliphatic rings. The quantitative estimate of drug-likeness (QED) is 0.757. The van der Waals surface area contributed by atoms with Crippen LogP contribution in [0, 0.1) is 5.41 Å². The Bertz CT molecular complexity index is 290. The van der Waals surface area contributed by atoms with E-state index in [-0.39, 0.29) is 12.0 Å². The lowest BCUT2D eigenvalue weighted by Gasteiger charge is -2.14. The molecule has 3 nitrogen and oxygen atoms in total. The fourth-order valence-electron chi connectivity index (χ4n) is 1.21. The maximum atomic E-state index is 11.9. The van der Waals surface area contributed by atoms with E-state index in [2.05, 4.69) is 15.9 Å². The molecule has 1 N–H and O–H groups in total. The zero-order valence-electron chi connectivity index (χ0n) is 7.47. The minimum atomic E-state index is -4.41. The topological polar surface area (TPSA) is 46.2 Å². The van der Waals surface area contributed by atoms with E-state index in [0.717, 1.165) is 24.6 Å². The third-order valence-corrected chi connectivity index (χ3v) is 3.88. The Hall–Kier alpha value is 0.250. The smallest absolute Gasteiger partial charge is 0.210 e. The Morgan fingerprint density at radius 3 is 2.36 bits per heavy atom. The van der Waals surface area contributed by atoms with Crippen molar-refractivity contribution in [1.29, 1.82) is 0 Å². The van der Waals surface area contributed by atoms with E-state index in [1.54, 1.807) is 0 Å². The molecule has 0 bridgehead atoms. The highest BCUT2D eigenvalue weighted by Crippen LogP contribution is 2.48. The first-order valence-electron chi connectivity index (χ1n) is 4.24. The number of sulfonamides is 1. The highest BCUT2D eigenvalue weighted by atomic mass is 79.9. The van der Waals surface area contributed by atoms with Crippen LogP contribution in [0.2, 0.25) is 0 Å². The molecule has 0 aromatic carbocycles. The average molecular weight is 292 g/mol. The largest absolute Gasteiger partial charge is 0.350 e. The van der Waals surface area contributed by atoms with E-state index in [4.69, 9.17) is 0 Å². The highest BCUT2D eigenvalue weighted by molar-refractivity contribution is 9.09. The van der Waals surface area contributed by atoms with Crippen LogP contribution in [0.25, 0.3) is 0 Å². The van der Waals surface area contributed by atoms with E-state index < -0.39 is 15.8 Å². The average Bonchev–Trinajstić information content (AvgIpc) is 2.83. The van der Waals surface area contributed by atoms with E-state index in [0.29, 0.717) is 0 Å². The summed E-state index contributed by atoms with van der Waals surface area (Å²) in [6.45, 7) is 0.130. The van der Waals surface area contributed by atoms with Gasteiger partial charge in [-0.3, -0.25) is 0 Å². The predicted octanol–water partition coefficient (Wildman–Crippen LogP) is 1.69. The molecule has 0 aliphatic heterocycles. The van der Waals surface area contributed by atoms with Gasteiger partial charge in [0.15, 0.2) is 0 Å². The van der Waals surface area contributed by atoms with Crippen molar-refractivity contribution in [3.8, 4) is 0 Å². The first kappa shape index (κ1) is 12.3. The molecule has 0 aromatic rings. The summed E-state index contributed by atoms with van der Waals surface area (Å²) in [4.78, 5) is 0. The highest BCUT2D eigenvalue weighted by Gasteiger charge is 2.42. The van der Waals surface area contributed by atoms with E-state index >= 15 is 0 Å². The second-order valence-electron chi connectivity index (χ2n) is 3.57. The molecule has 0 unspecified atom stereocenters. The van der Waals surface area contributed by atoms with Crippen molar-refractivity contribution in [2.45, 2.75) is 25.0 Å². The Morgan fingerprint density at radius 1 is 1.43 bits per heavy atom. The lowest BCUT2D eigenvalue weighted by Crippen LogP contribution is -2.34. The molecule has 7 heteroatoms. The van der Waals surface area contributed by atoms with Crippen LogP contribution in [-0.2, 0) is 10.0 Å². The van der Waals surface area contributed by atoms with Gasteiger partial charge in [0, 0.05) is 11.9 Å². The lowest BCUT2D eigenvalue weighted by atomic mass is 10.1. The Morgan fingerprint density at radius 2 is 2.00 bits per heavy atom. The fraction of sp³-hybridized carbons (Fsp3) is 1.00. The molecule has 0 saturated heterocycles. The number of hydrogen-bond donors (Lipinski definition) is 1. The molecule has 1 aliphatic carbocycles. The minimum Gasteiger partial charge on any atom is -0.210 e. The summed E-state index contributed by atoms with van der Waals surface area (Å²) in [6, 6.07) is 0. The SMILES string of the molecule is O=S(=O)(NCC1(CCBr)CC1)C(F)F. The summed E-state index contributed by atoms with van der Waals surface area (Å²) >= 11 is 3.25. The monoisotopic (exact) mass is 291 g/mol. The number of alkyl halides is 3. The van der Waals surface area contributed by atoms with Crippen LogP contribution < -0.4 is 4.72 Å². The van der Waals surface area contributed by atoms with Crippen LogP contribution in [0.1, 0.15) is 19.3 Å². The Kier molecular flexibility index (Phi) is 3.87. The lowest BCUT2D eigenvalue weighted by molar-refractivity contribution is 0.231. The molecule has 0 atom stereocenters. The van der Waals surface area contributed by atoms with Crippen molar-refractivity contribution >= 4 is 26.0 Å². The van der Waals surface area contributed by atoms with Gasteiger partial charge in [0.1, 0.15) is 0 Å². The third-order valence-electron chi connectivity index (χ3n) is 2.46. The van der Waals surface area contributed by atoms with Crippen molar-refractivity contribution in [1.82, 2.24) is 4.72 Å². The van der Waals surface area contributed by atoms with Crippen LogP contribution in [0.15, 0.2) is 0 Å². The van der Waals surface area contributed by atoms with E-state index in [9.17, 15) is 17.2 Å². The second-order valence-corrected chi connectivity index (χ2v) is 6.09. The van der Waals surface area contributed by atoms with Crippen molar-refractivity contribution in [3.05, 3.63) is 0 Å². The number of halogens is 3. The van der Waals surface area contributed by atoms with Crippen LogP contribution in [0.5, 0.6) is 0 Å². The van der Waals surface area contributed by atoms with Crippen LogP contribution >= 0.6 is 15.9 Å². The van der Waals surface area contributed by atoms with Gasteiger partial charge >= 0.3 is 5.76 Å². The zero-order valence-corrected chi connectivity index (χ0v) is 9.87. The Labute approximate surface area is 90.4 Å². The van der Waals surface area contributed by atoms with Gasteiger partial charge in [0.05, 0.1) is 0 Å². The summed E-state index contributed by atoms with van der Waals surface area (Å²) in [6.07, 6.45) is 2.63. The molecule has 1 fully saturated rings. The molecule has 0 aromatic heterocycles. The molecule has 0 spiro atoms. The van der Waals surface area contributed by atoms with Gasteiger partial charge in [-0.1, -0.05) is 15.9 Å². The summed E-state index contributed by atoms with van der Waals surface area (Å²) in [7, 11) is -4.41. The van der Waals surface area contributed by atoms with Crippen molar-refractivity contribution < 1.29 is 17.2 Å². The predicted molar refractivity (Wildman–Crippen MR) is 53.0 cm³/mol. The number of nitrogens with one attached hydrogen (secondary N) is 1. The molecular weight excluding hydrogens is 280 g/mol. The molecule has 1 rings (SSSR count). The third kappa shape index (κ3) is 3.13. The van der Waals surface area contributed by atoms with Crippen LogP contribution in [-0.4, -0.2) is 26.1 Å². The molecule has 84 valence electrons. The molecule has 0 amide bonds. The van der Waals surface area contributed by atoms with Gasteiger partial charge in [0.2, 0.25) is 0 Å². The molecule has 0 radical (unpaired) electrons. The second kappa shape index (κ2) is 4.40. The van der Waals surface area contributed by atoms with Gasteiger partial charge in [-0.2, -0.15) is 8.78 Å². The molecule has 1 saturated carbocycles. The minimum absolute atomic E-state index is 0.0779. The maximum absolute atomic E-state index is 11.9. The summed E-state index contributed by atoms with van der Waals surface area (Å²) in [5.41, 5.74) is -0.0779. The van der Waals surface area contributed by atoms with Crippen molar-refractivity contribution in [3.63, 3.8) is 0 Å². The van der Waals surface area contributed by atoms with Gasteiger partial charge in [-0.05, 0) is 24.7 Å². The first-order chi connectivity index (χ1) is 6.42. The normalized spacial score (nSPS) is 20.0. The molecule has 0 heterocycles. The first-order valence-corrected chi connectivity index (χ1v) is 6.91. The van der Waals surface area contributed by atoms with Crippen LogP contribution in [0.4, 0.5) is 8.78 Å². The van der Waals surface area contributed by atoms with Gasteiger partial charge in [0.25, 0.3) is 10.0 Å². The fourth-order valence-corrected chi connectivity index (χ4v) is 2.68. The van der Waals surface area contributed by atoms with Crippen molar-refractivity contribution in [2.75, 3.05) is 11.9 Å². The molecular formula is C7H12BrF2NO2S. The zero-order chi connectivity index (χ0) is 10.8. The number of hydrogen-bond acceptors (Lipinski definition) is 2. The van der Waals surface area contributed by atoms with E-state index in [1.165, 1.54) is 0 Å². The Balaban J connectivity index is 2.41. The van der Waals surface area contributed by atoms with Gasteiger partial charge in [-0.25, -0.2) is 13.1 Å². The van der Waals surface area contributed by atoms with E-state index in [1.807, 2.05) is 4.72 Å².